The smallest absolute Gasteiger partial charge is 0.243 e. The van der Waals surface area contributed by atoms with E-state index in [1.807, 2.05) is 82.3 Å². The summed E-state index contributed by atoms with van der Waals surface area (Å²) in [6.07, 6.45) is 1.44. The molecule has 2 amide bonds. The third kappa shape index (κ3) is 7.24. The van der Waals surface area contributed by atoms with Crippen molar-refractivity contribution in [2.45, 2.75) is 64.1 Å². The normalized spacial score (nSPS) is 12.8. The van der Waals surface area contributed by atoms with Crippen LogP contribution in [-0.2, 0) is 16.1 Å². The fourth-order valence-corrected chi connectivity index (χ4v) is 3.80. The maximum Gasteiger partial charge on any atom is 0.243 e. The zero-order valence-corrected chi connectivity index (χ0v) is 18.7. The first kappa shape index (κ1) is 23.0. The summed E-state index contributed by atoms with van der Waals surface area (Å²) in [5, 5.41) is 3.04. The molecule has 4 nitrogen and oxygen atoms in total. The fourth-order valence-electron chi connectivity index (χ4n) is 3.00. The topological polar surface area (TPSA) is 49.4 Å². The van der Waals surface area contributed by atoms with Crippen molar-refractivity contribution in [1.82, 2.24) is 10.2 Å². The van der Waals surface area contributed by atoms with Crippen molar-refractivity contribution >= 4 is 23.6 Å². The average molecular weight is 413 g/mol. The van der Waals surface area contributed by atoms with E-state index >= 15 is 0 Å². The van der Waals surface area contributed by atoms with Gasteiger partial charge >= 0.3 is 0 Å². The monoisotopic (exact) mass is 412 g/mol. The van der Waals surface area contributed by atoms with Gasteiger partial charge in [0.1, 0.15) is 6.04 Å². The zero-order chi connectivity index (χ0) is 21.2. The highest BCUT2D eigenvalue weighted by molar-refractivity contribution is 8.00. The number of hydrogen-bond donors (Lipinski definition) is 1. The second kappa shape index (κ2) is 11.7. The molecule has 5 heteroatoms. The number of nitrogens with zero attached hydrogens (tertiary/aromatic N) is 1. The molecule has 0 aliphatic carbocycles. The lowest BCUT2D eigenvalue weighted by atomic mass is 10.1. The number of thioether (sulfide) groups is 1. The van der Waals surface area contributed by atoms with Crippen molar-refractivity contribution in [3.63, 3.8) is 0 Å². The molecule has 2 rings (SSSR count). The van der Waals surface area contributed by atoms with Crippen LogP contribution in [0.5, 0.6) is 0 Å². The third-order valence-corrected chi connectivity index (χ3v) is 5.96. The summed E-state index contributed by atoms with van der Waals surface area (Å²) in [6.45, 7) is 8.46. The first-order chi connectivity index (χ1) is 13.9. The molecule has 2 aromatic carbocycles. The van der Waals surface area contributed by atoms with Crippen LogP contribution in [0.2, 0.25) is 0 Å². The Labute approximate surface area is 179 Å². The number of carbonyl (C=O) groups excluding carboxylic acids is 2. The lowest BCUT2D eigenvalue weighted by Crippen LogP contribution is -2.51. The Morgan fingerprint density at radius 2 is 1.66 bits per heavy atom. The minimum absolute atomic E-state index is 0.0226. The van der Waals surface area contributed by atoms with Crippen molar-refractivity contribution in [1.29, 1.82) is 0 Å². The summed E-state index contributed by atoms with van der Waals surface area (Å²) in [4.78, 5) is 28.9. The Morgan fingerprint density at radius 3 is 2.24 bits per heavy atom. The molecule has 0 radical (unpaired) electrons. The van der Waals surface area contributed by atoms with Gasteiger partial charge in [0.2, 0.25) is 11.8 Å². The molecule has 2 aromatic rings. The summed E-state index contributed by atoms with van der Waals surface area (Å²) in [5.74, 6) is 0.209. The minimum Gasteiger partial charge on any atom is -0.352 e. The lowest BCUT2D eigenvalue weighted by molar-refractivity contribution is -0.139. The van der Waals surface area contributed by atoms with Gasteiger partial charge in [-0.3, -0.25) is 9.59 Å². The molecule has 156 valence electrons. The highest BCUT2D eigenvalue weighted by Gasteiger charge is 2.29. The van der Waals surface area contributed by atoms with E-state index in [0.29, 0.717) is 18.7 Å². The molecule has 0 saturated heterocycles. The first-order valence-corrected chi connectivity index (χ1v) is 11.3. The first-order valence-electron chi connectivity index (χ1n) is 10.3. The van der Waals surface area contributed by atoms with Gasteiger partial charge in [-0.15, -0.1) is 11.8 Å². The van der Waals surface area contributed by atoms with Gasteiger partial charge in [0, 0.05) is 17.5 Å². The van der Waals surface area contributed by atoms with Gasteiger partial charge in [0.05, 0.1) is 5.75 Å². The van der Waals surface area contributed by atoms with E-state index in [1.54, 1.807) is 4.90 Å². The second-order valence-electron chi connectivity index (χ2n) is 7.35. The molecular formula is C24H32N2O2S. The molecule has 0 aromatic heterocycles. The quantitative estimate of drug-likeness (QED) is 0.570. The molecule has 0 aliphatic heterocycles. The minimum atomic E-state index is -0.478. The summed E-state index contributed by atoms with van der Waals surface area (Å²) < 4.78 is 0. The summed E-state index contributed by atoms with van der Waals surface area (Å²) in [5.41, 5.74) is 2.20. The van der Waals surface area contributed by atoms with Gasteiger partial charge in [-0.2, -0.15) is 0 Å². The predicted molar refractivity (Wildman–Crippen MR) is 121 cm³/mol. The number of nitrogens with one attached hydrogen (secondary N) is 1. The van der Waals surface area contributed by atoms with Gasteiger partial charge < -0.3 is 10.2 Å². The van der Waals surface area contributed by atoms with E-state index < -0.39 is 6.04 Å². The zero-order valence-electron chi connectivity index (χ0n) is 17.9. The molecule has 0 unspecified atom stereocenters. The molecule has 0 heterocycles. The summed E-state index contributed by atoms with van der Waals surface area (Å²) in [7, 11) is 0. The van der Waals surface area contributed by atoms with Gasteiger partial charge in [-0.05, 0) is 44.4 Å². The Morgan fingerprint density at radius 1 is 1.00 bits per heavy atom. The van der Waals surface area contributed by atoms with E-state index in [1.165, 1.54) is 17.3 Å². The van der Waals surface area contributed by atoms with Crippen LogP contribution in [0.3, 0.4) is 0 Å². The molecule has 0 fully saturated rings. The average Bonchev–Trinajstić information content (AvgIpc) is 2.73. The second-order valence-corrected chi connectivity index (χ2v) is 8.40. The van der Waals surface area contributed by atoms with Crippen LogP contribution >= 0.6 is 11.8 Å². The SMILES string of the molecule is CC[C@@H](C)NC(=O)[C@@H](CC)N(Cc1ccc(C)cc1)C(=O)CSc1ccccc1. The van der Waals surface area contributed by atoms with E-state index in [2.05, 4.69) is 5.32 Å². The summed E-state index contributed by atoms with van der Waals surface area (Å²) >= 11 is 1.50. The number of amides is 2. The molecule has 1 N–H and O–H groups in total. The van der Waals surface area contributed by atoms with Gasteiger partial charge in [-0.25, -0.2) is 0 Å². The number of benzene rings is 2. The predicted octanol–water partition coefficient (Wildman–Crippen LogP) is 4.81. The Bertz CT molecular complexity index is 777. The number of aryl methyl sites for hydroxylation is 1. The molecular weight excluding hydrogens is 380 g/mol. The van der Waals surface area contributed by atoms with Crippen molar-refractivity contribution in [3.8, 4) is 0 Å². The highest BCUT2D eigenvalue weighted by Crippen LogP contribution is 2.20. The number of rotatable bonds is 10. The van der Waals surface area contributed by atoms with E-state index in [-0.39, 0.29) is 17.9 Å². The fraction of sp³-hybridized carbons (Fsp3) is 0.417. The Kier molecular flexibility index (Phi) is 9.26. The van der Waals surface area contributed by atoms with Crippen LogP contribution < -0.4 is 5.32 Å². The number of carbonyl (C=O) groups is 2. The van der Waals surface area contributed by atoms with Gasteiger partial charge in [-0.1, -0.05) is 61.9 Å². The number of hydrogen-bond acceptors (Lipinski definition) is 3. The van der Waals surface area contributed by atoms with Gasteiger partial charge in [0.25, 0.3) is 0 Å². The third-order valence-electron chi connectivity index (χ3n) is 4.97. The molecule has 2 atom stereocenters. The molecule has 0 saturated carbocycles. The molecule has 0 bridgehead atoms. The Balaban J connectivity index is 2.19. The maximum atomic E-state index is 13.2. The summed E-state index contributed by atoms with van der Waals surface area (Å²) in [6, 6.07) is 17.6. The van der Waals surface area contributed by atoms with Crippen molar-refractivity contribution in [3.05, 3.63) is 65.7 Å². The van der Waals surface area contributed by atoms with Crippen LogP contribution in [0.15, 0.2) is 59.5 Å². The molecule has 29 heavy (non-hydrogen) atoms. The van der Waals surface area contributed by atoms with E-state index in [4.69, 9.17) is 0 Å². The standard InChI is InChI=1S/C24H32N2O2S/c1-5-19(4)25-24(28)22(6-2)26(16-20-14-12-18(3)13-15-20)23(27)17-29-21-10-8-7-9-11-21/h7-15,19,22H,5-6,16-17H2,1-4H3,(H,25,28)/t19-,22-/m1/s1. The lowest BCUT2D eigenvalue weighted by Gasteiger charge is -2.31. The van der Waals surface area contributed by atoms with E-state index in [9.17, 15) is 9.59 Å². The maximum absolute atomic E-state index is 13.2. The van der Waals surface area contributed by atoms with E-state index in [0.717, 1.165) is 16.9 Å². The van der Waals surface area contributed by atoms with Crippen LogP contribution in [0.1, 0.15) is 44.7 Å². The van der Waals surface area contributed by atoms with Crippen molar-refractivity contribution in [2.75, 3.05) is 5.75 Å². The largest absolute Gasteiger partial charge is 0.352 e. The molecule has 0 aliphatic rings. The molecule has 0 spiro atoms. The van der Waals surface area contributed by atoms with Crippen molar-refractivity contribution < 1.29 is 9.59 Å². The highest BCUT2D eigenvalue weighted by atomic mass is 32.2. The van der Waals surface area contributed by atoms with Crippen LogP contribution in [0.4, 0.5) is 0 Å². The van der Waals surface area contributed by atoms with Crippen LogP contribution in [0, 0.1) is 6.92 Å². The van der Waals surface area contributed by atoms with Gasteiger partial charge in [0.15, 0.2) is 0 Å². The van der Waals surface area contributed by atoms with Crippen LogP contribution in [-0.4, -0.2) is 34.6 Å². The van der Waals surface area contributed by atoms with Crippen molar-refractivity contribution in [2.24, 2.45) is 0 Å². The Hall–Kier alpha value is -2.27. The van der Waals surface area contributed by atoms with Crippen LogP contribution in [0.25, 0.3) is 0 Å².